The molecule has 2 heterocycles. The Bertz CT molecular complexity index is 578. The van der Waals surface area contributed by atoms with Gasteiger partial charge in [-0.15, -0.1) is 0 Å². The van der Waals surface area contributed by atoms with E-state index < -0.39 is 24.0 Å². The van der Waals surface area contributed by atoms with Gasteiger partial charge in [0.2, 0.25) is 0 Å². The molecule has 1 aromatic heterocycles. The molecule has 0 saturated carbocycles. The molecule has 1 amide bonds. The van der Waals surface area contributed by atoms with Gasteiger partial charge in [-0.05, 0) is 0 Å². The summed E-state index contributed by atoms with van der Waals surface area (Å²) in [5.41, 5.74) is -0.469. The zero-order chi connectivity index (χ0) is 18.0. The molecule has 1 saturated heterocycles. The Balaban J connectivity index is 1.97. The summed E-state index contributed by atoms with van der Waals surface area (Å²) in [5, 5.41) is 0. The average Bonchev–Trinajstić information content (AvgIpc) is 2.91. The van der Waals surface area contributed by atoms with E-state index in [2.05, 4.69) is 25.9 Å². The summed E-state index contributed by atoms with van der Waals surface area (Å²) in [6.07, 6.45) is 5.42. The third-order valence-corrected chi connectivity index (χ3v) is 9.75. The summed E-state index contributed by atoms with van der Waals surface area (Å²) in [6.45, 7) is 6.90. The van der Waals surface area contributed by atoms with Crippen molar-refractivity contribution in [2.75, 3.05) is 13.2 Å². The van der Waals surface area contributed by atoms with Gasteiger partial charge in [-0.2, -0.15) is 0 Å². The van der Waals surface area contributed by atoms with Crippen LogP contribution >= 0.6 is 0 Å². The number of carbonyl (C=O) groups is 1. The molecule has 1 fully saturated rings. The number of aromatic nitrogens is 1. The van der Waals surface area contributed by atoms with Gasteiger partial charge >= 0.3 is 150 Å². The molecule has 0 spiro atoms. The number of ether oxygens (including phenoxy) is 2. The Hall–Kier alpha value is -0.981. The van der Waals surface area contributed by atoms with Crippen LogP contribution in [-0.2, 0) is 4.74 Å². The van der Waals surface area contributed by atoms with Crippen LogP contribution in [0, 0.1) is 0 Å². The first-order chi connectivity index (χ1) is 11.1. The van der Waals surface area contributed by atoms with Gasteiger partial charge < -0.3 is 0 Å². The first kappa shape index (κ1) is 19.3. The Morgan fingerprint density at radius 3 is 2.67 bits per heavy atom. The first-order valence-electron chi connectivity index (χ1n) is 8.64. The Morgan fingerprint density at radius 1 is 1.33 bits per heavy atom. The number of likely N-dealkylation sites (tertiary alicyclic amines) is 1. The van der Waals surface area contributed by atoms with E-state index in [0.29, 0.717) is 6.61 Å². The normalized spacial score (nSPS) is 18.6. The quantitative estimate of drug-likeness (QED) is 0.673. The van der Waals surface area contributed by atoms with Gasteiger partial charge in [0.05, 0.1) is 0 Å². The molecule has 0 N–H and O–H groups in total. The van der Waals surface area contributed by atoms with Crippen molar-refractivity contribution in [3.63, 3.8) is 0 Å². The molecule has 0 aromatic carbocycles. The van der Waals surface area contributed by atoms with Crippen molar-refractivity contribution in [1.29, 1.82) is 0 Å². The SMILES string of the molecule is CC(C)(C)OC(=O)N1CCCC1COc1cnc[c]([Sn]([CH3])([CH3])[CH3])c1. The van der Waals surface area contributed by atoms with Gasteiger partial charge in [-0.3, -0.25) is 0 Å². The fourth-order valence-electron chi connectivity index (χ4n) is 2.67. The van der Waals surface area contributed by atoms with E-state index in [0.717, 1.165) is 25.1 Å². The Labute approximate surface area is 149 Å². The van der Waals surface area contributed by atoms with Crippen molar-refractivity contribution in [2.45, 2.75) is 60.1 Å². The van der Waals surface area contributed by atoms with E-state index in [9.17, 15) is 4.79 Å². The number of pyridine rings is 1. The predicted molar refractivity (Wildman–Crippen MR) is 98.7 cm³/mol. The minimum atomic E-state index is -2.15. The average molecular weight is 441 g/mol. The molecule has 1 unspecified atom stereocenters. The van der Waals surface area contributed by atoms with Crippen LogP contribution in [0.15, 0.2) is 18.5 Å². The molecule has 0 radical (unpaired) electrons. The van der Waals surface area contributed by atoms with E-state index in [1.54, 1.807) is 11.1 Å². The van der Waals surface area contributed by atoms with Crippen molar-refractivity contribution in [2.24, 2.45) is 0 Å². The van der Waals surface area contributed by atoms with Crippen molar-refractivity contribution in [3.8, 4) is 5.75 Å². The molecule has 1 aliphatic heterocycles. The topological polar surface area (TPSA) is 51.7 Å². The molecule has 0 aliphatic carbocycles. The standard InChI is InChI=1S/C15H21N2O3.3CH3.Sn/c1-15(2,3)20-14(18)17-9-5-6-12(17)11-19-13-7-4-8-16-10-13;;;;/h7-8,10,12H,5-6,9,11H2,1-3H3;3*1H3;. The summed E-state index contributed by atoms with van der Waals surface area (Å²) in [5.74, 6) is 0.801. The van der Waals surface area contributed by atoms with Crippen LogP contribution in [0.5, 0.6) is 5.75 Å². The third kappa shape index (κ3) is 5.53. The molecule has 6 heteroatoms. The molecular weight excluding hydrogens is 411 g/mol. The second-order valence-electron chi connectivity index (χ2n) is 8.44. The number of hydrogen-bond acceptors (Lipinski definition) is 4. The van der Waals surface area contributed by atoms with Crippen molar-refractivity contribution >= 4 is 28.0 Å². The number of hydrogen-bond donors (Lipinski definition) is 0. The molecule has 0 bridgehead atoms. The van der Waals surface area contributed by atoms with Gasteiger partial charge in [0.25, 0.3) is 0 Å². The maximum absolute atomic E-state index is 12.3. The fraction of sp³-hybridized carbons (Fsp3) is 0.667. The van der Waals surface area contributed by atoms with Gasteiger partial charge in [0, 0.05) is 0 Å². The monoisotopic (exact) mass is 442 g/mol. The number of carbonyl (C=O) groups excluding carboxylic acids is 1. The zero-order valence-corrected chi connectivity index (χ0v) is 18.6. The number of rotatable bonds is 4. The van der Waals surface area contributed by atoms with Gasteiger partial charge in [0.15, 0.2) is 0 Å². The van der Waals surface area contributed by atoms with E-state index in [4.69, 9.17) is 9.47 Å². The zero-order valence-electron chi connectivity index (χ0n) is 15.8. The van der Waals surface area contributed by atoms with Gasteiger partial charge in [-0.1, -0.05) is 0 Å². The molecule has 2 rings (SSSR count). The van der Waals surface area contributed by atoms with Crippen LogP contribution in [0.2, 0.25) is 14.8 Å². The van der Waals surface area contributed by atoms with E-state index in [-0.39, 0.29) is 12.1 Å². The van der Waals surface area contributed by atoms with Crippen LogP contribution in [0.25, 0.3) is 0 Å². The molecular formula is C18H30N2O3Sn. The summed E-state index contributed by atoms with van der Waals surface area (Å²) >= 11 is -2.15. The fourth-order valence-corrected chi connectivity index (χ4v) is 5.63. The number of amides is 1. The van der Waals surface area contributed by atoms with Crippen molar-refractivity contribution in [3.05, 3.63) is 18.5 Å². The molecule has 1 aromatic rings. The Morgan fingerprint density at radius 2 is 2.04 bits per heavy atom. The first-order valence-corrected chi connectivity index (χ1v) is 18.6. The van der Waals surface area contributed by atoms with Crippen LogP contribution in [0.4, 0.5) is 4.79 Å². The van der Waals surface area contributed by atoms with Crippen molar-refractivity contribution in [1.82, 2.24) is 9.88 Å². The maximum atomic E-state index is 12.3. The summed E-state index contributed by atoms with van der Waals surface area (Å²) in [7, 11) is 0. The van der Waals surface area contributed by atoms with Crippen LogP contribution < -0.4 is 8.32 Å². The molecule has 134 valence electrons. The summed E-state index contributed by atoms with van der Waals surface area (Å²) < 4.78 is 12.8. The second kappa shape index (κ2) is 7.50. The Kier molecular flexibility index (Phi) is 6.04. The summed E-state index contributed by atoms with van der Waals surface area (Å²) in [4.78, 5) is 25.5. The minimum absolute atomic E-state index is 0.0710. The predicted octanol–water partition coefficient (Wildman–Crippen LogP) is 3.41. The molecule has 1 aliphatic rings. The van der Waals surface area contributed by atoms with Gasteiger partial charge in [0.1, 0.15) is 0 Å². The molecule has 1 atom stereocenters. The third-order valence-electron chi connectivity index (χ3n) is 4.03. The summed E-state index contributed by atoms with van der Waals surface area (Å²) in [6, 6.07) is 2.19. The van der Waals surface area contributed by atoms with Crippen LogP contribution in [0.3, 0.4) is 0 Å². The van der Waals surface area contributed by atoms with E-state index in [1.165, 1.54) is 3.58 Å². The van der Waals surface area contributed by atoms with Crippen LogP contribution in [-0.4, -0.2) is 59.1 Å². The second-order valence-corrected chi connectivity index (χ2v) is 22.9. The van der Waals surface area contributed by atoms with Gasteiger partial charge in [-0.25, -0.2) is 0 Å². The van der Waals surface area contributed by atoms with E-state index in [1.807, 2.05) is 27.0 Å². The van der Waals surface area contributed by atoms with Crippen LogP contribution in [0.1, 0.15) is 33.6 Å². The number of nitrogens with zero attached hydrogens (tertiary/aromatic N) is 2. The van der Waals surface area contributed by atoms with Crippen molar-refractivity contribution < 1.29 is 14.3 Å². The van der Waals surface area contributed by atoms with E-state index >= 15 is 0 Å². The molecule has 24 heavy (non-hydrogen) atoms. The molecule has 5 nitrogen and oxygen atoms in total.